The second-order valence-electron chi connectivity index (χ2n) is 4.19. The first-order chi connectivity index (χ1) is 7.25. The molecule has 0 radical (unpaired) electrons. The molecule has 0 spiro atoms. The molecule has 0 aromatic rings. The smallest absolute Gasteiger partial charge is 0.243 e. The van der Waals surface area contributed by atoms with Crippen LogP contribution >= 0.6 is 0 Å². The van der Waals surface area contributed by atoms with Gasteiger partial charge in [0.05, 0.1) is 6.04 Å². The molecule has 0 bridgehead atoms. The van der Waals surface area contributed by atoms with E-state index in [1.54, 1.807) is 0 Å². The minimum atomic E-state index is -0.175. The van der Waals surface area contributed by atoms with Gasteiger partial charge in [-0.3, -0.25) is 14.9 Å². The summed E-state index contributed by atoms with van der Waals surface area (Å²) in [7, 11) is 0. The standard InChI is InChI=1S/C10H17N3O2/c14-9-2-1-8(10(15)13-9)12-7-3-5-11-6-4-7/h7-8,11-12H,1-6H2,(H,13,14,15)/t8-/m0/s1. The van der Waals surface area contributed by atoms with E-state index in [2.05, 4.69) is 16.0 Å². The van der Waals surface area contributed by atoms with Crippen molar-refractivity contribution in [1.29, 1.82) is 0 Å². The van der Waals surface area contributed by atoms with Gasteiger partial charge in [0.1, 0.15) is 0 Å². The van der Waals surface area contributed by atoms with Gasteiger partial charge in [-0.05, 0) is 32.4 Å². The molecule has 15 heavy (non-hydrogen) atoms. The van der Waals surface area contributed by atoms with Crippen LogP contribution in [-0.2, 0) is 9.59 Å². The number of nitrogens with one attached hydrogen (secondary N) is 3. The van der Waals surface area contributed by atoms with E-state index in [0.717, 1.165) is 25.9 Å². The van der Waals surface area contributed by atoms with E-state index in [4.69, 9.17) is 0 Å². The molecule has 2 amide bonds. The lowest BCUT2D eigenvalue weighted by atomic mass is 10.0. The molecular formula is C10H17N3O2. The Morgan fingerprint density at radius 1 is 1.13 bits per heavy atom. The van der Waals surface area contributed by atoms with Crippen LogP contribution in [0, 0.1) is 0 Å². The van der Waals surface area contributed by atoms with Gasteiger partial charge in [0, 0.05) is 12.5 Å². The van der Waals surface area contributed by atoms with Gasteiger partial charge < -0.3 is 10.6 Å². The molecule has 0 aromatic heterocycles. The number of carbonyl (C=O) groups excluding carboxylic acids is 2. The predicted octanol–water partition coefficient (Wildman–Crippen LogP) is -0.867. The van der Waals surface area contributed by atoms with Crippen LogP contribution < -0.4 is 16.0 Å². The lowest BCUT2D eigenvalue weighted by Gasteiger charge is -2.29. The molecule has 2 aliphatic heterocycles. The molecule has 2 saturated heterocycles. The third-order valence-electron chi connectivity index (χ3n) is 3.02. The Kier molecular flexibility index (Phi) is 3.33. The maximum atomic E-state index is 11.5. The van der Waals surface area contributed by atoms with Crippen molar-refractivity contribution >= 4 is 11.8 Å². The lowest BCUT2D eigenvalue weighted by Crippen LogP contribution is -2.54. The maximum absolute atomic E-state index is 11.5. The molecule has 0 aliphatic carbocycles. The van der Waals surface area contributed by atoms with Gasteiger partial charge in [-0.1, -0.05) is 0 Å². The highest BCUT2D eigenvalue weighted by molar-refractivity contribution is 6.00. The minimum absolute atomic E-state index is 0.150. The Morgan fingerprint density at radius 3 is 2.53 bits per heavy atom. The first-order valence-corrected chi connectivity index (χ1v) is 5.56. The van der Waals surface area contributed by atoms with Gasteiger partial charge in [-0.25, -0.2) is 0 Å². The highest BCUT2D eigenvalue weighted by atomic mass is 16.2. The van der Waals surface area contributed by atoms with Crippen LogP contribution in [0.25, 0.3) is 0 Å². The minimum Gasteiger partial charge on any atom is -0.317 e. The van der Waals surface area contributed by atoms with E-state index in [1.165, 1.54) is 0 Å². The summed E-state index contributed by atoms with van der Waals surface area (Å²) in [6.45, 7) is 2.01. The quantitative estimate of drug-likeness (QED) is 0.519. The van der Waals surface area contributed by atoms with Crippen molar-refractivity contribution in [2.75, 3.05) is 13.1 Å². The number of imide groups is 1. The molecule has 2 rings (SSSR count). The second kappa shape index (κ2) is 4.72. The molecule has 84 valence electrons. The van der Waals surface area contributed by atoms with Crippen LogP contribution in [0.1, 0.15) is 25.7 Å². The molecule has 5 nitrogen and oxygen atoms in total. The molecule has 0 saturated carbocycles. The Morgan fingerprint density at radius 2 is 1.87 bits per heavy atom. The fraction of sp³-hybridized carbons (Fsp3) is 0.800. The Labute approximate surface area is 89.0 Å². The number of amides is 2. The molecule has 0 unspecified atom stereocenters. The summed E-state index contributed by atoms with van der Waals surface area (Å²) in [6.07, 6.45) is 3.19. The monoisotopic (exact) mass is 211 g/mol. The van der Waals surface area contributed by atoms with Gasteiger partial charge in [0.25, 0.3) is 0 Å². The number of piperidine rings is 2. The second-order valence-corrected chi connectivity index (χ2v) is 4.19. The van der Waals surface area contributed by atoms with Gasteiger partial charge in [-0.15, -0.1) is 0 Å². The van der Waals surface area contributed by atoms with Crippen molar-refractivity contribution in [3.63, 3.8) is 0 Å². The van der Waals surface area contributed by atoms with Crippen molar-refractivity contribution < 1.29 is 9.59 Å². The Bertz CT molecular complexity index is 261. The average molecular weight is 211 g/mol. The highest BCUT2D eigenvalue weighted by Crippen LogP contribution is 2.09. The summed E-state index contributed by atoms with van der Waals surface area (Å²) in [5.41, 5.74) is 0. The van der Waals surface area contributed by atoms with Crippen molar-refractivity contribution in [2.45, 2.75) is 37.8 Å². The van der Waals surface area contributed by atoms with Crippen LogP contribution in [0.2, 0.25) is 0 Å². The maximum Gasteiger partial charge on any atom is 0.243 e. The third-order valence-corrected chi connectivity index (χ3v) is 3.02. The first kappa shape index (κ1) is 10.6. The van der Waals surface area contributed by atoms with Crippen molar-refractivity contribution in [2.24, 2.45) is 0 Å². The summed E-state index contributed by atoms with van der Waals surface area (Å²) in [6, 6.07) is 0.237. The lowest BCUT2D eigenvalue weighted by molar-refractivity contribution is -0.134. The molecule has 5 heteroatoms. The Balaban J connectivity index is 1.82. The van der Waals surface area contributed by atoms with Crippen LogP contribution in [0.3, 0.4) is 0 Å². The summed E-state index contributed by atoms with van der Waals surface area (Å²) in [5.74, 6) is -0.312. The summed E-state index contributed by atoms with van der Waals surface area (Å²) in [4.78, 5) is 22.4. The van der Waals surface area contributed by atoms with E-state index < -0.39 is 0 Å². The third kappa shape index (κ3) is 2.76. The van der Waals surface area contributed by atoms with E-state index >= 15 is 0 Å². The largest absolute Gasteiger partial charge is 0.317 e. The van der Waals surface area contributed by atoms with Gasteiger partial charge in [0.2, 0.25) is 11.8 Å². The first-order valence-electron chi connectivity index (χ1n) is 5.56. The van der Waals surface area contributed by atoms with Gasteiger partial charge in [-0.2, -0.15) is 0 Å². The van der Waals surface area contributed by atoms with Crippen molar-refractivity contribution in [1.82, 2.24) is 16.0 Å². The van der Waals surface area contributed by atoms with Crippen LogP contribution in [0.5, 0.6) is 0 Å². The summed E-state index contributed by atoms with van der Waals surface area (Å²) in [5, 5.41) is 8.96. The Hall–Kier alpha value is -0.940. The fourth-order valence-corrected chi connectivity index (χ4v) is 2.13. The molecule has 1 atom stereocenters. The SMILES string of the molecule is O=C1CC[C@H](NC2CCNCC2)C(=O)N1. The normalized spacial score (nSPS) is 28.9. The number of hydrogen-bond donors (Lipinski definition) is 3. The van der Waals surface area contributed by atoms with E-state index in [-0.39, 0.29) is 17.9 Å². The van der Waals surface area contributed by atoms with E-state index in [1.807, 2.05) is 0 Å². The van der Waals surface area contributed by atoms with Crippen LogP contribution in [0.4, 0.5) is 0 Å². The van der Waals surface area contributed by atoms with Crippen molar-refractivity contribution in [3.05, 3.63) is 0 Å². The number of rotatable bonds is 2. The van der Waals surface area contributed by atoms with E-state index in [0.29, 0.717) is 18.9 Å². The molecule has 3 N–H and O–H groups in total. The summed E-state index contributed by atoms with van der Waals surface area (Å²) >= 11 is 0. The topological polar surface area (TPSA) is 70.2 Å². The van der Waals surface area contributed by atoms with E-state index in [9.17, 15) is 9.59 Å². The van der Waals surface area contributed by atoms with Crippen LogP contribution in [-0.4, -0.2) is 37.0 Å². The predicted molar refractivity (Wildman–Crippen MR) is 55.2 cm³/mol. The average Bonchev–Trinajstić information content (AvgIpc) is 2.24. The fourth-order valence-electron chi connectivity index (χ4n) is 2.13. The van der Waals surface area contributed by atoms with Crippen LogP contribution in [0.15, 0.2) is 0 Å². The molecule has 2 aliphatic rings. The molecule has 0 aromatic carbocycles. The zero-order valence-electron chi connectivity index (χ0n) is 8.71. The highest BCUT2D eigenvalue weighted by Gasteiger charge is 2.28. The zero-order chi connectivity index (χ0) is 10.7. The van der Waals surface area contributed by atoms with Gasteiger partial charge >= 0.3 is 0 Å². The van der Waals surface area contributed by atoms with Gasteiger partial charge in [0.15, 0.2) is 0 Å². The zero-order valence-corrected chi connectivity index (χ0v) is 8.71. The molecular weight excluding hydrogens is 194 g/mol. The number of hydrogen-bond acceptors (Lipinski definition) is 4. The number of carbonyl (C=O) groups is 2. The molecule has 2 heterocycles. The molecule has 2 fully saturated rings. The summed E-state index contributed by atoms with van der Waals surface area (Å²) < 4.78 is 0. The van der Waals surface area contributed by atoms with Crippen molar-refractivity contribution in [3.8, 4) is 0 Å².